The van der Waals surface area contributed by atoms with Crippen molar-refractivity contribution < 1.29 is 22.8 Å². The van der Waals surface area contributed by atoms with Crippen LogP contribution in [0, 0.1) is 0 Å². The van der Waals surface area contributed by atoms with Crippen LogP contribution in [0.25, 0.3) is 0 Å². The molecule has 25 heavy (non-hydrogen) atoms. The van der Waals surface area contributed by atoms with Crippen LogP contribution in [0.5, 0.6) is 0 Å². The maximum Gasteiger partial charge on any atom is 0.405 e. The molecule has 1 aromatic heterocycles. The van der Waals surface area contributed by atoms with Crippen molar-refractivity contribution in [2.75, 3.05) is 13.1 Å². The number of urea groups is 1. The van der Waals surface area contributed by atoms with Gasteiger partial charge in [-0.05, 0) is 17.0 Å². The average Bonchev–Trinajstić information content (AvgIpc) is 3.08. The average molecular weight is 371 g/mol. The Balaban J connectivity index is 1.90. The molecule has 1 heterocycles. The summed E-state index contributed by atoms with van der Waals surface area (Å²) in [4.78, 5) is 24.0. The number of amides is 3. The molecule has 0 aliphatic heterocycles. The molecule has 0 aliphatic carbocycles. The van der Waals surface area contributed by atoms with Crippen molar-refractivity contribution in [3.05, 3.63) is 58.3 Å². The van der Waals surface area contributed by atoms with Crippen molar-refractivity contribution in [3.63, 3.8) is 0 Å². The Morgan fingerprint density at radius 1 is 1.08 bits per heavy atom. The van der Waals surface area contributed by atoms with E-state index in [1.54, 1.807) is 5.32 Å². The molecule has 9 heteroatoms. The largest absolute Gasteiger partial charge is 0.405 e. The minimum atomic E-state index is -4.53. The van der Waals surface area contributed by atoms with E-state index < -0.39 is 24.7 Å². The van der Waals surface area contributed by atoms with Gasteiger partial charge < -0.3 is 5.32 Å². The van der Waals surface area contributed by atoms with Gasteiger partial charge in [0.1, 0.15) is 6.54 Å². The maximum atomic E-state index is 12.0. The summed E-state index contributed by atoms with van der Waals surface area (Å²) >= 11 is 1.50. The van der Waals surface area contributed by atoms with Crippen molar-refractivity contribution in [1.29, 1.82) is 0 Å². The second kappa shape index (κ2) is 8.63. The Bertz CT molecular complexity index is 690. The first kappa shape index (κ1) is 18.9. The zero-order valence-corrected chi connectivity index (χ0v) is 13.8. The van der Waals surface area contributed by atoms with Gasteiger partial charge >= 0.3 is 12.2 Å². The number of alkyl halides is 3. The van der Waals surface area contributed by atoms with E-state index in [4.69, 9.17) is 0 Å². The van der Waals surface area contributed by atoms with E-state index in [0.717, 1.165) is 10.4 Å². The van der Waals surface area contributed by atoms with Crippen LogP contribution in [0.3, 0.4) is 0 Å². The zero-order chi connectivity index (χ0) is 18.3. The van der Waals surface area contributed by atoms with Crippen molar-refractivity contribution in [3.8, 4) is 0 Å². The molecule has 0 bridgehead atoms. The van der Waals surface area contributed by atoms with Gasteiger partial charge in [0.25, 0.3) is 0 Å². The van der Waals surface area contributed by atoms with E-state index in [2.05, 4.69) is 5.32 Å². The van der Waals surface area contributed by atoms with Gasteiger partial charge in [-0.15, -0.1) is 11.3 Å². The maximum absolute atomic E-state index is 12.0. The highest BCUT2D eigenvalue weighted by Crippen LogP contribution is 2.25. The number of carbonyl (C=O) groups excluding carboxylic acids is 2. The first-order valence-corrected chi connectivity index (χ1v) is 8.19. The van der Waals surface area contributed by atoms with Crippen molar-refractivity contribution in [1.82, 2.24) is 16.0 Å². The minimum absolute atomic E-state index is 0.225. The number of carbonyl (C=O) groups is 2. The molecule has 1 aromatic carbocycles. The molecule has 0 aliphatic rings. The van der Waals surface area contributed by atoms with Gasteiger partial charge in [-0.1, -0.05) is 36.4 Å². The molecule has 2 rings (SSSR count). The molecule has 0 saturated heterocycles. The SMILES string of the molecule is O=C(CN[C@@H](c1ccccc1)c1cccs1)NC(=O)NCC(F)(F)F. The molecular formula is C16H16F3N3O2S. The van der Waals surface area contributed by atoms with Crippen molar-refractivity contribution in [2.45, 2.75) is 12.2 Å². The first-order valence-electron chi connectivity index (χ1n) is 7.31. The molecule has 0 radical (unpaired) electrons. The summed E-state index contributed by atoms with van der Waals surface area (Å²) in [5.74, 6) is -0.725. The van der Waals surface area contributed by atoms with E-state index in [-0.39, 0.29) is 12.6 Å². The third-order valence-electron chi connectivity index (χ3n) is 3.13. The third kappa shape index (κ3) is 6.55. The number of imide groups is 1. The quantitative estimate of drug-likeness (QED) is 0.731. The fourth-order valence-corrected chi connectivity index (χ4v) is 2.90. The van der Waals surface area contributed by atoms with Gasteiger partial charge in [0, 0.05) is 4.88 Å². The van der Waals surface area contributed by atoms with Gasteiger partial charge in [0.2, 0.25) is 5.91 Å². The lowest BCUT2D eigenvalue weighted by Crippen LogP contribution is -2.46. The lowest BCUT2D eigenvalue weighted by atomic mass is 10.1. The van der Waals surface area contributed by atoms with Gasteiger partial charge in [-0.25, -0.2) is 4.79 Å². The Hall–Kier alpha value is -2.39. The standard InChI is InChI=1S/C16H16F3N3O2S/c17-16(18,19)10-21-15(24)22-13(23)9-20-14(12-7-4-8-25-12)11-5-2-1-3-6-11/h1-8,14,20H,9-10H2,(H2,21,22,23,24)/t14-/m0/s1. The summed E-state index contributed by atoms with van der Waals surface area (Å²) in [5, 5.41) is 8.35. The number of halogens is 3. The first-order chi connectivity index (χ1) is 11.8. The van der Waals surface area contributed by atoms with Crippen molar-refractivity contribution >= 4 is 23.3 Å². The highest BCUT2D eigenvalue weighted by atomic mass is 32.1. The number of nitrogens with one attached hydrogen (secondary N) is 3. The van der Waals surface area contributed by atoms with E-state index in [1.807, 2.05) is 53.2 Å². The number of hydrogen-bond donors (Lipinski definition) is 3. The number of benzene rings is 1. The Labute approximate surface area is 146 Å². The molecule has 3 amide bonds. The van der Waals surface area contributed by atoms with Crippen LogP contribution >= 0.6 is 11.3 Å². The fraction of sp³-hybridized carbons (Fsp3) is 0.250. The van der Waals surface area contributed by atoms with Crippen LogP contribution < -0.4 is 16.0 Å². The highest BCUT2D eigenvalue weighted by Gasteiger charge is 2.28. The van der Waals surface area contributed by atoms with Crippen LogP contribution in [-0.2, 0) is 4.79 Å². The number of thiophene rings is 1. The molecule has 5 nitrogen and oxygen atoms in total. The molecule has 3 N–H and O–H groups in total. The Morgan fingerprint density at radius 2 is 1.80 bits per heavy atom. The van der Waals surface area contributed by atoms with Crippen LogP contribution in [-0.4, -0.2) is 31.2 Å². The Morgan fingerprint density at radius 3 is 2.40 bits per heavy atom. The van der Waals surface area contributed by atoms with E-state index >= 15 is 0 Å². The summed E-state index contributed by atoms with van der Waals surface area (Å²) in [6, 6.07) is 11.7. The normalized spacial score (nSPS) is 12.4. The third-order valence-corrected chi connectivity index (χ3v) is 4.07. The summed E-state index contributed by atoms with van der Waals surface area (Å²) < 4.78 is 36.0. The topological polar surface area (TPSA) is 70.2 Å². The fourth-order valence-electron chi connectivity index (χ4n) is 2.07. The molecule has 1 atom stereocenters. The molecule has 134 valence electrons. The zero-order valence-electron chi connectivity index (χ0n) is 13.0. The predicted molar refractivity (Wildman–Crippen MR) is 88.2 cm³/mol. The van der Waals surface area contributed by atoms with Crippen molar-refractivity contribution in [2.24, 2.45) is 0 Å². The number of hydrogen-bond acceptors (Lipinski definition) is 4. The second-order valence-corrected chi connectivity index (χ2v) is 6.07. The van der Waals surface area contributed by atoms with Gasteiger partial charge in [0.05, 0.1) is 12.6 Å². The van der Waals surface area contributed by atoms with E-state index in [0.29, 0.717) is 0 Å². The highest BCUT2D eigenvalue weighted by molar-refractivity contribution is 7.10. The molecule has 0 saturated carbocycles. The molecule has 0 spiro atoms. The summed E-state index contributed by atoms with van der Waals surface area (Å²) in [7, 11) is 0. The smallest absolute Gasteiger partial charge is 0.329 e. The number of rotatable bonds is 6. The van der Waals surface area contributed by atoms with Crippen LogP contribution in [0.1, 0.15) is 16.5 Å². The summed E-state index contributed by atoms with van der Waals surface area (Å²) in [5.41, 5.74) is 0.930. The predicted octanol–water partition coefficient (Wildman–Crippen LogP) is 2.82. The lowest BCUT2D eigenvalue weighted by molar-refractivity contribution is -0.124. The van der Waals surface area contributed by atoms with Gasteiger partial charge in [-0.3, -0.25) is 15.4 Å². The summed E-state index contributed by atoms with van der Waals surface area (Å²) in [6.07, 6.45) is -4.53. The van der Waals surface area contributed by atoms with Gasteiger partial charge in [0.15, 0.2) is 0 Å². The second-order valence-electron chi connectivity index (χ2n) is 5.09. The summed E-state index contributed by atoms with van der Waals surface area (Å²) in [6.45, 7) is -1.72. The molecule has 2 aromatic rings. The lowest BCUT2D eigenvalue weighted by Gasteiger charge is -2.18. The minimum Gasteiger partial charge on any atom is -0.329 e. The van der Waals surface area contributed by atoms with E-state index in [1.165, 1.54) is 11.3 Å². The van der Waals surface area contributed by atoms with Crippen LogP contribution in [0.4, 0.5) is 18.0 Å². The monoisotopic (exact) mass is 371 g/mol. The van der Waals surface area contributed by atoms with E-state index in [9.17, 15) is 22.8 Å². The van der Waals surface area contributed by atoms with Crippen LogP contribution in [0.2, 0.25) is 0 Å². The molecule has 0 unspecified atom stereocenters. The molecule has 0 fully saturated rings. The van der Waals surface area contributed by atoms with Gasteiger partial charge in [-0.2, -0.15) is 13.2 Å². The van der Waals surface area contributed by atoms with Crippen LogP contribution in [0.15, 0.2) is 47.8 Å². The molecular weight excluding hydrogens is 355 g/mol. The Kier molecular flexibility index (Phi) is 6.54.